The zero-order chi connectivity index (χ0) is 31.7. The summed E-state index contributed by atoms with van der Waals surface area (Å²) < 4.78 is 92.1. The molecule has 3 heterocycles. The molecule has 2 aromatic heterocycles. The van der Waals surface area contributed by atoms with E-state index in [0.717, 1.165) is 59.8 Å². The number of allylic oxidation sites excluding steroid dienone is 10. The number of halogens is 7. The van der Waals surface area contributed by atoms with Gasteiger partial charge in [0.1, 0.15) is 18.0 Å². The largest absolute Gasteiger partial charge is 0.435 e. The van der Waals surface area contributed by atoms with E-state index in [1.165, 1.54) is 12.4 Å². The minimum atomic E-state index is -4.48. The van der Waals surface area contributed by atoms with Gasteiger partial charge in [-0.25, -0.2) is 13.9 Å². The minimum absolute atomic E-state index is 0.0236. The Morgan fingerprint density at radius 3 is 2.31 bits per heavy atom. The lowest BCUT2D eigenvalue weighted by molar-refractivity contribution is -0.141. The highest BCUT2D eigenvalue weighted by Crippen LogP contribution is 2.35. The summed E-state index contributed by atoms with van der Waals surface area (Å²) >= 11 is 0. The summed E-state index contributed by atoms with van der Waals surface area (Å²) in [6, 6.07) is 0.863. The molecule has 5 nitrogen and oxygen atoms in total. The van der Waals surface area contributed by atoms with Crippen LogP contribution < -0.4 is 5.73 Å². The van der Waals surface area contributed by atoms with Crippen LogP contribution >= 0.6 is 0 Å². The van der Waals surface area contributed by atoms with Gasteiger partial charge in [0.25, 0.3) is 0 Å². The van der Waals surface area contributed by atoms with E-state index < -0.39 is 30.3 Å². The molecule has 0 bridgehead atoms. The average molecular weight is 602 g/mol. The Balaban J connectivity index is 0.000000363. The smallest absolute Gasteiger partial charge is 0.382 e. The maximum absolute atomic E-state index is 13.8. The molecule has 1 aliphatic heterocycles. The Bertz CT molecular complexity index is 1360. The van der Waals surface area contributed by atoms with E-state index in [1.807, 2.05) is 27.0 Å². The molecule has 42 heavy (non-hydrogen) atoms. The van der Waals surface area contributed by atoms with E-state index in [0.29, 0.717) is 17.6 Å². The summed E-state index contributed by atoms with van der Waals surface area (Å²) in [5.41, 5.74) is 7.16. The standard InChI is InChI=1S/C23H33F4N.C7H5F3N4/c1-6-11-19(23(25,26)27)14-22(18(8-3)16-24)21(17(4)7-2)15-20-12-9-10-13-28(20)5;8-7(9,10)5-3-4-6(11)12-1-2-14(4)13-5/h8,11,14-15H,6-7,9-10,12-13,16H2,1-5H3;1-3H,(H2,11,12)/b18-8-,19-11-,20-15-,21-17?,22-14+;. The highest BCUT2D eigenvalue weighted by Gasteiger charge is 2.34. The first-order valence-corrected chi connectivity index (χ1v) is 13.7. The van der Waals surface area contributed by atoms with Crippen molar-refractivity contribution in [3.8, 4) is 0 Å². The molecule has 0 unspecified atom stereocenters. The third kappa shape index (κ3) is 9.22. The predicted octanol–water partition coefficient (Wildman–Crippen LogP) is 8.78. The summed E-state index contributed by atoms with van der Waals surface area (Å²) in [6.45, 7) is 7.32. The summed E-state index contributed by atoms with van der Waals surface area (Å²) in [7, 11) is 2.00. The number of likely N-dealkylation sites (tertiary alicyclic amines) is 1. The number of rotatable bonds is 7. The number of nitrogens with two attached hydrogens (primary N) is 1. The van der Waals surface area contributed by atoms with E-state index >= 15 is 0 Å². The number of piperidine rings is 1. The van der Waals surface area contributed by atoms with Gasteiger partial charge in [-0.05, 0) is 74.8 Å². The van der Waals surface area contributed by atoms with Gasteiger partial charge in [0.2, 0.25) is 0 Å². The molecule has 0 radical (unpaired) electrons. The van der Waals surface area contributed by atoms with E-state index in [4.69, 9.17) is 5.73 Å². The van der Waals surface area contributed by atoms with Crippen molar-refractivity contribution in [2.24, 2.45) is 0 Å². The summed E-state index contributed by atoms with van der Waals surface area (Å²) in [6.07, 6.45) is 3.43. The number of fused-ring (bicyclic) bond motifs is 1. The first-order chi connectivity index (χ1) is 19.7. The number of aromatic nitrogens is 3. The molecule has 1 aliphatic rings. The van der Waals surface area contributed by atoms with Crippen LogP contribution in [0.2, 0.25) is 0 Å². The van der Waals surface area contributed by atoms with Gasteiger partial charge < -0.3 is 10.6 Å². The van der Waals surface area contributed by atoms with Crippen molar-refractivity contribution >= 4 is 11.3 Å². The van der Waals surface area contributed by atoms with Crippen molar-refractivity contribution in [2.75, 3.05) is 26.0 Å². The van der Waals surface area contributed by atoms with E-state index in [9.17, 15) is 30.7 Å². The molecule has 2 N–H and O–H groups in total. The lowest BCUT2D eigenvalue weighted by Gasteiger charge is -2.29. The molecule has 232 valence electrons. The molecule has 0 saturated carbocycles. The molecule has 2 aromatic rings. The minimum Gasteiger partial charge on any atom is -0.382 e. The monoisotopic (exact) mass is 601 g/mol. The second kappa shape index (κ2) is 15.1. The van der Waals surface area contributed by atoms with Gasteiger partial charge >= 0.3 is 12.4 Å². The third-order valence-electron chi connectivity index (χ3n) is 6.86. The molecule has 3 rings (SSSR count). The van der Waals surface area contributed by atoms with Gasteiger partial charge in [0.15, 0.2) is 5.69 Å². The second-order valence-electron chi connectivity index (χ2n) is 9.80. The quantitative estimate of drug-likeness (QED) is 0.255. The first-order valence-electron chi connectivity index (χ1n) is 13.7. The van der Waals surface area contributed by atoms with E-state index in [-0.39, 0.29) is 23.3 Å². The number of hydrogen-bond donors (Lipinski definition) is 1. The normalized spacial score (nSPS) is 17.4. The van der Waals surface area contributed by atoms with Crippen LogP contribution in [-0.4, -0.2) is 45.9 Å². The Hall–Kier alpha value is -3.57. The Labute approximate surface area is 242 Å². The Kier molecular flexibility index (Phi) is 12.4. The van der Waals surface area contributed by atoms with Crippen molar-refractivity contribution in [3.05, 3.63) is 82.0 Å². The van der Waals surface area contributed by atoms with Gasteiger partial charge in [0.05, 0.1) is 5.57 Å². The third-order valence-corrected chi connectivity index (χ3v) is 6.86. The van der Waals surface area contributed by atoms with Gasteiger partial charge in [-0.2, -0.15) is 31.4 Å². The topological polar surface area (TPSA) is 59.5 Å². The van der Waals surface area contributed by atoms with Crippen LogP contribution in [0.15, 0.2) is 76.3 Å². The fourth-order valence-electron chi connectivity index (χ4n) is 4.32. The van der Waals surface area contributed by atoms with Gasteiger partial charge in [-0.1, -0.05) is 31.6 Å². The van der Waals surface area contributed by atoms with Crippen molar-refractivity contribution in [3.63, 3.8) is 0 Å². The van der Waals surface area contributed by atoms with Crippen LogP contribution in [0.25, 0.3) is 5.52 Å². The van der Waals surface area contributed by atoms with Gasteiger partial charge in [0, 0.05) is 37.7 Å². The van der Waals surface area contributed by atoms with Gasteiger partial charge in [-0.3, -0.25) is 0 Å². The first kappa shape index (κ1) is 34.6. The molecule has 0 spiro atoms. The maximum Gasteiger partial charge on any atom is 0.435 e. The van der Waals surface area contributed by atoms with Gasteiger partial charge in [-0.15, -0.1) is 0 Å². The fourth-order valence-corrected chi connectivity index (χ4v) is 4.32. The van der Waals surface area contributed by atoms with Crippen LogP contribution in [-0.2, 0) is 6.18 Å². The lowest BCUT2D eigenvalue weighted by Crippen LogP contribution is -2.23. The number of nitrogen functional groups attached to an aromatic ring is 1. The number of nitrogens with zero attached hydrogens (tertiary/aromatic N) is 4. The highest BCUT2D eigenvalue weighted by atomic mass is 19.4. The van der Waals surface area contributed by atoms with Crippen LogP contribution in [0.5, 0.6) is 0 Å². The number of anilines is 1. The maximum atomic E-state index is 13.8. The van der Waals surface area contributed by atoms with Crippen molar-refractivity contribution in [1.29, 1.82) is 0 Å². The number of alkyl halides is 7. The molecule has 0 amide bonds. The van der Waals surface area contributed by atoms with Crippen LogP contribution in [0.1, 0.15) is 65.5 Å². The van der Waals surface area contributed by atoms with Crippen LogP contribution in [0, 0.1) is 0 Å². The molecule has 12 heteroatoms. The Morgan fingerprint density at radius 1 is 1.12 bits per heavy atom. The molecular formula is C30H38F7N5. The summed E-state index contributed by atoms with van der Waals surface area (Å²) in [4.78, 5) is 5.79. The lowest BCUT2D eigenvalue weighted by atomic mass is 9.89. The Morgan fingerprint density at radius 2 is 1.81 bits per heavy atom. The SMILES string of the molecule is C\C=C(CF)/C(=C\C(=C\CC)C(F)(F)F)C(/C=C1/CCCCN1C)=C(C)CC.Nc1nccn2nc(C(F)(F)F)cc12. The number of hydrogen-bond acceptors (Lipinski definition) is 4. The molecular weight excluding hydrogens is 563 g/mol. The van der Waals surface area contributed by atoms with Crippen molar-refractivity contribution < 1.29 is 30.7 Å². The molecule has 1 fully saturated rings. The molecule has 1 saturated heterocycles. The van der Waals surface area contributed by atoms with E-state index in [1.54, 1.807) is 19.9 Å². The van der Waals surface area contributed by atoms with Crippen molar-refractivity contribution in [1.82, 2.24) is 19.5 Å². The highest BCUT2D eigenvalue weighted by molar-refractivity contribution is 5.65. The average Bonchev–Trinajstić information content (AvgIpc) is 3.38. The molecule has 0 aliphatic carbocycles. The zero-order valence-electron chi connectivity index (χ0n) is 24.5. The summed E-state index contributed by atoms with van der Waals surface area (Å²) in [5, 5.41) is 3.32. The molecule has 0 atom stereocenters. The predicted molar refractivity (Wildman–Crippen MR) is 152 cm³/mol. The summed E-state index contributed by atoms with van der Waals surface area (Å²) in [5.74, 6) is 0.0236. The zero-order valence-corrected chi connectivity index (χ0v) is 24.5. The van der Waals surface area contributed by atoms with Crippen LogP contribution in [0.4, 0.5) is 36.6 Å². The second-order valence-corrected chi connectivity index (χ2v) is 9.80. The fraction of sp³-hybridized carbons (Fsp3) is 0.467. The van der Waals surface area contributed by atoms with E-state index in [2.05, 4.69) is 15.0 Å². The van der Waals surface area contributed by atoms with Crippen LogP contribution in [0.3, 0.4) is 0 Å². The van der Waals surface area contributed by atoms with Crippen molar-refractivity contribution in [2.45, 2.75) is 72.2 Å². The molecule has 0 aromatic carbocycles.